The highest BCUT2D eigenvalue weighted by molar-refractivity contribution is 7.80. The molecule has 0 bridgehead atoms. The average Bonchev–Trinajstić information content (AvgIpc) is 3.05. The van der Waals surface area contributed by atoms with Gasteiger partial charge in [-0.3, -0.25) is 14.9 Å². The topological polar surface area (TPSA) is 62.6 Å². The van der Waals surface area contributed by atoms with Crippen molar-refractivity contribution >= 4 is 40.9 Å². The summed E-state index contributed by atoms with van der Waals surface area (Å²) in [5.74, 6) is -1.38. The number of thiocarbonyl (C=S) groups is 1. The number of para-hydroxylation sites is 1. The molecule has 0 atom stereocenters. The summed E-state index contributed by atoms with van der Waals surface area (Å²) in [6.07, 6.45) is 5.92. The van der Waals surface area contributed by atoms with Crippen LogP contribution in [-0.4, -0.2) is 16.9 Å². The van der Waals surface area contributed by atoms with Gasteiger partial charge in [-0.2, -0.15) is 0 Å². The Labute approximate surface area is 142 Å². The molecular weight excluding hydrogens is 331 g/mol. The van der Waals surface area contributed by atoms with E-state index < -0.39 is 17.6 Å². The van der Waals surface area contributed by atoms with Crippen LogP contribution in [0, 0.1) is 5.82 Å². The van der Waals surface area contributed by atoms with E-state index in [1.54, 1.807) is 24.3 Å². The quantitative estimate of drug-likeness (QED) is 0.529. The van der Waals surface area contributed by atoms with Gasteiger partial charge in [-0.1, -0.05) is 18.2 Å². The molecule has 24 heavy (non-hydrogen) atoms. The average molecular weight is 342 g/mol. The number of hydrogen-bond acceptors (Lipinski definition) is 4. The summed E-state index contributed by atoms with van der Waals surface area (Å²) >= 11 is 5.00. The zero-order chi connectivity index (χ0) is 17.1. The van der Waals surface area contributed by atoms with E-state index in [0.717, 1.165) is 4.90 Å². The summed E-state index contributed by atoms with van der Waals surface area (Å²) in [6.45, 7) is 0. The monoisotopic (exact) mass is 342 g/mol. The predicted molar refractivity (Wildman–Crippen MR) is 90.5 cm³/mol. The molecule has 1 N–H and O–H groups in total. The molecule has 2 amide bonds. The Morgan fingerprint density at radius 3 is 2.67 bits per heavy atom. The van der Waals surface area contributed by atoms with E-state index in [4.69, 9.17) is 16.6 Å². The van der Waals surface area contributed by atoms with Crippen LogP contribution in [0.3, 0.4) is 0 Å². The Hall–Kier alpha value is -3.06. The summed E-state index contributed by atoms with van der Waals surface area (Å²) in [7, 11) is 0. The minimum Gasteiger partial charge on any atom is -0.465 e. The molecule has 3 rings (SSSR count). The van der Waals surface area contributed by atoms with E-state index in [9.17, 15) is 14.0 Å². The number of rotatable bonds is 3. The number of furan rings is 1. The highest BCUT2D eigenvalue weighted by Gasteiger charge is 2.35. The first-order valence-electron chi connectivity index (χ1n) is 6.94. The fourth-order valence-electron chi connectivity index (χ4n) is 2.15. The van der Waals surface area contributed by atoms with Gasteiger partial charge < -0.3 is 4.42 Å². The highest BCUT2D eigenvalue weighted by Crippen LogP contribution is 2.23. The van der Waals surface area contributed by atoms with E-state index >= 15 is 0 Å². The van der Waals surface area contributed by atoms with Crippen LogP contribution in [0.4, 0.5) is 10.1 Å². The SMILES string of the molecule is O=C1NC(=S)N(c2ccccc2F)C(=O)/C1=C/C=C/c1ccco1. The lowest BCUT2D eigenvalue weighted by atomic mass is 10.1. The third-order valence-corrected chi connectivity index (χ3v) is 3.55. The van der Waals surface area contributed by atoms with Crippen LogP contribution in [0.25, 0.3) is 6.08 Å². The summed E-state index contributed by atoms with van der Waals surface area (Å²) in [4.78, 5) is 25.5. The van der Waals surface area contributed by atoms with E-state index in [1.165, 1.54) is 36.6 Å². The van der Waals surface area contributed by atoms with Gasteiger partial charge in [0.05, 0.1) is 12.0 Å². The molecule has 0 saturated carbocycles. The van der Waals surface area contributed by atoms with Crippen molar-refractivity contribution in [2.75, 3.05) is 4.90 Å². The molecule has 2 aromatic rings. The van der Waals surface area contributed by atoms with Gasteiger partial charge in [0.1, 0.15) is 17.2 Å². The van der Waals surface area contributed by atoms with E-state index in [-0.39, 0.29) is 16.4 Å². The lowest BCUT2D eigenvalue weighted by Crippen LogP contribution is -2.54. The van der Waals surface area contributed by atoms with E-state index in [1.807, 2.05) is 0 Å². The van der Waals surface area contributed by atoms with Crippen molar-refractivity contribution in [1.82, 2.24) is 5.32 Å². The molecule has 7 heteroatoms. The van der Waals surface area contributed by atoms with Gasteiger partial charge >= 0.3 is 0 Å². The molecule has 1 aliphatic heterocycles. The number of carbonyl (C=O) groups excluding carboxylic acids is 2. The zero-order valence-electron chi connectivity index (χ0n) is 12.2. The number of carbonyl (C=O) groups is 2. The molecule has 0 unspecified atom stereocenters. The second-order valence-electron chi connectivity index (χ2n) is 4.81. The molecule has 0 spiro atoms. The minimum atomic E-state index is -0.696. The largest absolute Gasteiger partial charge is 0.465 e. The maximum absolute atomic E-state index is 14.0. The van der Waals surface area contributed by atoms with Crippen molar-refractivity contribution in [2.24, 2.45) is 0 Å². The van der Waals surface area contributed by atoms with Crippen LogP contribution in [0.15, 0.2) is 64.8 Å². The second-order valence-corrected chi connectivity index (χ2v) is 5.19. The minimum absolute atomic E-state index is 0.0200. The smallest absolute Gasteiger partial charge is 0.270 e. The Bertz CT molecular complexity index is 872. The number of allylic oxidation sites excluding steroid dienone is 2. The van der Waals surface area contributed by atoms with Crippen LogP contribution < -0.4 is 10.2 Å². The third-order valence-electron chi connectivity index (χ3n) is 3.26. The third kappa shape index (κ3) is 3.02. The first kappa shape index (κ1) is 15.8. The second kappa shape index (κ2) is 6.59. The standard InChI is InChI=1S/C17H11FN2O3S/c18-13-8-1-2-9-14(13)20-16(22)12(15(21)19-17(20)24)7-3-5-11-6-4-10-23-11/h1-10H,(H,19,21,24)/b5-3+,12-7+. The number of hydrogen-bond donors (Lipinski definition) is 1. The van der Waals surface area contributed by atoms with Crippen molar-refractivity contribution in [2.45, 2.75) is 0 Å². The van der Waals surface area contributed by atoms with Gasteiger partial charge in [0.15, 0.2) is 5.11 Å². The number of nitrogens with zero attached hydrogens (tertiary/aromatic N) is 1. The number of nitrogens with one attached hydrogen (secondary N) is 1. The number of amides is 2. The Balaban J connectivity index is 1.93. The van der Waals surface area contributed by atoms with Gasteiger partial charge in [-0.05, 0) is 48.6 Å². The van der Waals surface area contributed by atoms with Crippen LogP contribution in [0.1, 0.15) is 5.76 Å². The molecule has 1 fully saturated rings. The first-order chi connectivity index (χ1) is 11.6. The summed E-state index contributed by atoms with van der Waals surface area (Å²) in [5, 5.41) is 2.22. The fraction of sp³-hybridized carbons (Fsp3) is 0. The van der Waals surface area contributed by atoms with Crippen molar-refractivity contribution in [3.05, 3.63) is 72.0 Å². The Kier molecular flexibility index (Phi) is 4.35. The first-order valence-corrected chi connectivity index (χ1v) is 7.35. The van der Waals surface area contributed by atoms with Crippen molar-refractivity contribution in [3.8, 4) is 0 Å². The van der Waals surface area contributed by atoms with E-state index in [0.29, 0.717) is 5.76 Å². The van der Waals surface area contributed by atoms with Crippen molar-refractivity contribution in [1.29, 1.82) is 0 Å². The maximum atomic E-state index is 14.0. The fourth-order valence-corrected chi connectivity index (χ4v) is 2.43. The van der Waals surface area contributed by atoms with Crippen LogP contribution in [0.5, 0.6) is 0 Å². The van der Waals surface area contributed by atoms with Gasteiger partial charge in [0.2, 0.25) is 0 Å². The summed E-state index contributed by atoms with van der Waals surface area (Å²) in [5.41, 5.74) is -0.178. The van der Waals surface area contributed by atoms with Crippen molar-refractivity contribution in [3.63, 3.8) is 0 Å². The molecule has 0 radical (unpaired) electrons. The Morgan fingerprint density at radius 2 is 1.96 bits per heavy atom. The molecular formula is C17H11FN2O3S. The number of halogens is 1. The Morgan fingerprint density at radius 1 is 1.17 bits per heavy atom. The molecule has 1 aromatic carbocycles. The molecule has 1 saturated heterocycles. The molecule has 0 aliphatic carbocycles. The summed E-state index contributed by atoms with van der Waals surface area (Å²) in [6, 6.07) is 9.13. The zero-order valence-corrected chi connectivity index (χ0v) is 13.0. The number of benzene rings is 1. The van der Waals surface area contributed by atoms with Crippen molar-refractivity contribution < 1.29 is 18.4 Å². The van der Waals surface area contributed by atoms with Crippen LogP contribution >= 0.6 is 12.2 Å². The molecule has 5 nitrogen and oxygen atoms in total. The normalized spacial score (nSPS) is 17.0. The number of anilines is 1. The summed E-state index contributed by atoms with van der Waals surface area (Å²) < 4.78 is 19.1. The molecule has 2 heterocycles. The van der Waals surface area contributed by atoms with Gasteiger partial charge in [-0.25, -0.2) is 9.29 Å². The lowest BCUT2D eigenvalue weighted by molar-refractivity contribution is -0.122. The molecule has 1 aromatic heterocycles. The van der Waals surface area contributed by atoms with Crippen LogP contribution in [0.2, 0.25) is 0 Å². The van der Waals surface area contributed by atoms with Gasteiger partial charge in [0.25, 0.3) is 11.8 Å². The molecule has 120 valence electrons. The maximum Gasteiger partial charge on any atom is 0.270 e. The molecule has 1 aliphatic rings. The predicted octanol–water partition coefficient (Wildman–Crippen LogP) is 2.81. The van der Waals surface area contributed by atoms with Gasteiger partial charge in [-0.15, -0.1) is 0 Å². The van der Waals surface area contributed by atoms with E-state index in [2.05, 4.69) is 5.32 Å². The highest BCUT2D eigenvalue weighted by atomic mass is 32.1. The van der Waals surface area contributed by atoms with Gasteiger partial charge in [0, 0.05) is 0 Å². The van der Waals surface area contributed by atoms with Crippen LogP contribution in [-0.2, 0) is 9.59 Å². The lowest BCUT2D eigenvalue weighted by Gasteiger charge is -2.28.